The molecular formula is C30H40N4O4. The van der Waals surface area contributed by atoms with E-state index in [2.05, 4.69) is 39.9 Å². The Kier molecular flexibility index (Phi) is 10.1. The number of rotatable bonds is 12. The van der Waals surface area contributed by atoms with Crippen LogP contribution in [0, 0.1) is 5.92 Å². The highest BCUT2D eigenvalue weighted by Crippen LogP contribution is 2.27. The number of nitrogens with one attached hydrogen (secondary N) is 1. The van der Waals surface area contributed by atoms with Gasteiger partial charge in [-0.1, -0.05) is 65.0 Å². The normalized spacial score (nSPS) is 11.4. The van der Waals surface area contributed by atoms with Gasteiger partial charge in [0.1, 0.15) is 18.2 Å². The van der Waals surface area contributed by atoms with E-state index in [4.69, 9.17) is 14.6 Å². The number of methoxy groups -OCH3 is 1. The molecule has 0 bridgehead atoms. The van der Waals surface area contributed by atoms with Crippen molar-refractivity contribution in [3.63, 3.8) is 0 Å². The van der Waals surface area contributed by atoms with Crippen molar-refractivity contribution in [2.75, 3.05) is 32.1 Å². The lowest BCUT2D eigenvalue weighted by Crippen LogP contribution is -2.41. The van der Waals surface area contributed by atoms with Crippen molar-refractivity contribution in [3.05, 3.63) is 71.9 Å². The van der Waals surface area contributed by atoms with Crippen LogP contribution in [-0.4, -0.2) is 53.3 Å². The van der Waals surface area contributed by atoms with Crippen LogP contribution in [0.5, 0.6) is 5.75 Å². The predicted molar refractivity (Wildman–Crippen MR) is 150 cm³/mol. The van der Waals surface area contributed by atoms with Gasteiger partial charge in [0.15, 0.2) is 0 Å². The summed E-state index contributed by atoms with van der Waals surface area (Å²) in [4.78, 5) is 27.8. The quantitative estimate of drug-likeness (QED) is 0.354. The molecule has 3 aromatic rings. The molecule has 3 rings (SSSR count). The monoisotopic (exact) mass is 520 g/mol. The molecule has 1 heterocycles. The van der Waals surface area contributed by atoms with E-state index in [1.807, 2.05) is 60.7 Å². The van der Waals surface area contributed by atoms with Crippen LogP contribution in [0.25, 0.3) is 5.69 Å². The summed E-state index contributed by atoms with van der Waals surface area (Å²) < 4.78 is 12.6. The number of hydrogen-bond donors (Lipinski definition) is 1. The minimum atomic E-state index is -0.291. The van der Waals surface area contributed by atoms with Crippen molar-refractivity contribution in [2.45, 2.75) is 53.1 Å². The number of anilines is 1. The fourth-order valence-corrected chi connectivity index (χ4v) is 3.74. The number of benzene rings is 2. The lowest BCUT2D eigenvalue weighted by atomic mass is 9.92. The van der Waals surface area contributed by atoms with Crippen molar-refractivity contribution in [1.29, 1.82) is 0 Å². The molecule has 0 radical (unpaired) electrons. The SMILES string of the molecule is COc1ccc(-n2nc(C(C)(C)C)cc2NC(=O)CN(CCC(C)C)C(=O)COCc2ccccc2)cc1. The lowest BCUT2D eigenvalue weighted by Gasteiger charge is -2.23. The lowest BCUT2D eigenvalue weighted by molar-refractivity contribution is -0.139. The molecule has 1 N–H and O–H groups in total. The zero-order valence-electron chi connectivity index (χ0n) is 23.4. The summed E-state index contributed by atoms with van der Waals surface area (Å²) in [6.45, 7) is 11.1. The molecule has 1 aromatic heterocycles. The van der Waals surface area contributed by atoms with Crippen LogP contribution in [0.3, 0.4) is 0 Å². The van der Waals surface area contributed by atoms with E-state index >= 15 is 0 Å². The van der Waals surface area contributed by atoms with Gasteiger partial charge in [-0.2, -0.15) is 5.10 Å². The van der Waals surface area contributed by atoms with Crippen molar-refractivity contribution < 1.29 is 19.1 Å². The molecule has 0 atom stereocenters. The molecule has 0 fully saturated rings. The van der Waals surface area contributed by atoms with Crippen LogP contribution in [-0.2, 0) is 26.3 Å². The average molecular weight is 521 g/mol. The second kappa shape index (κ2) is 13.2. The largest absolute Gasteiger partial charge is 0.497 e. The summed E-state index contributed by atoms with van der Waals surface area (Å²) in [6.07, 6.45) is 0.787. The fraction of sp³-hybridized carbons (Fsp3) is 0.433. The fourth-order valence-electron chi connectivity index (χ4n) is 3.74. The molecule has 0 saturated carbocycles. The minimum Gasteiger partial charge on any atom is -0.497 e. The second-order valence-electron chi connectivity index (χ2n) is 10.8. The molecule has 8 heteroatoms. The Hall–Kier alpha value is -3.65. The third-order valence-electron chi connectivity index (χ3n) is 6.06. The first kappa shape index (κ1) is 28.9. The molecule has 38 heavy (non-hydrogen) atoms. The van der Waals surface area contributed by atoms with Crippen LogP contribution in [0.15, 0.2) is 60.7 Å². The van der Waals surface area contributed by atoms with Gasteiger partial charge in [0.05, 0.1) is 31.6 Å². The summed E-state index contributed by atoms with van der Waals surface area (Å²) in [5.74, 6) is 1.17. The van der Waals surface area contributed by atoms with Crippen molar-refractivity contribution in [3.8, 4) is 11.4 Å². The van der Waals surface area contributed by atoms with Crippen molar-refractivity contribution >= 4 is 17.6 Å². The first-order valence-electron chi connectivity index (χ1n) is 13.0. The molecule has 204 valence electrons. The number of ether oxygens (including phenoxy) is 2. The summed E-state index contributed by atoms with van der Waals surface area (Å²) in [6, 6.07) is 19.0. The first-order chi connectivity index (χ1) is 18.1. The molecule has 0 saturated heterocycles. The molecule has 0 aliphatic carbocycles. The van der Waals surface area contributed by atoms with Crippen LogP contribution in [0.2, 0.25) is 0 Å². The molecule has 2 amide bonds. The van der Waals surface area contributed by atoms with Gasteiger partial charge in [0, 0.05) is 18.0 Å². The average Bonchev–Trinajstić information content (AvgIpc) is 3.31. The van der Waals surface area contributed by atoms with Gasteiger partial charge in [0.25, 0.3) is 0 Å². The number of nitrogens with zero attached hydrogens (tertiary/aromatic N) is 3. The molecule has 0 aliphatic heterocycles. The van der Waals surface area contributed by atoms with Gasteiger partial charge < -0.3 is 19.7 Å². The highest BCUT2D eigenvalue weighted by Gasteiger charge is 2.23. The molecule has 2 aromatic carbocycles. The summed E-state index contributed by atoms with van der Waals surface area (Å²) in [7, 11) is 1.62. The van der Waals surface area contributed by atoms with E-state index in [1.54, 1.807) is 16.7 Å². The minimum absolute atomic E-state index is 0.0705. The molecule has 0 unspecified atom stereocenters. The number of aromatic nitrogens is 2. The number of carbonyl (C=O) groups excluding carboxylic acids is 2. The Labute approximate surface area is 225 Å². The number of hydrogen-bond acceptors (Lipinski definition) is 5. The molecule has 0 spiro atoms. The van der Waals surface area contributed by atoms with E-state index in [9.17, 15) is 9.59 Å². The Bertz CT molecular complexity index is 1180. The summed E-state index contributed by atoms with van der Waals surface area (Å²) in [5.41, 5.74) is 2.41. The third-order valence-corrected chi connectivity index (χ3v) is 6.06. The van der Waals surface area contributed by atoms with E-state index in [0.29, 0.717) is 24.9 Å². The second-order valence-corrected chi connectivity index (χ2v) is 10.8. The van der Waals surface area contributed by atoms with E-state index in [1.165, 1.54) is 0 Å². The number of carbonyl (C=O) groups is 2. The van der Waals surface area contributed by atoms with Gasteiger partial charge in [-0.3, -0.25) is 9.59 Å². The Morgan fingerprint density at radius 1 is 1.05 bits per heavy atom. The van der Waals surface area contributed by atoms with Crippen LogP contribution >= 0.6 is 0 Å². The summed E-state index contributed by atoms with van der Waals surface area (Å²) in [5, 5.41) is 7.74. The van der Waals surface area contributed by atoms with Gasteiger partial charge in [-0.15, -0.1) is 0 Å². The van der Waals surface area contributed by atoms with Gasteiger partial charge >= 0.3 is 0 Å². The molecule has 8 nitrogen and oxygen atoms in total. The Morgan fingerprint density at radius 3 is 2.34 bits per heavy atom. The standard InChI is InChI=1S/C30H40N4O4/c1-22(2)16-17-33(29(36)21-38-20-23-10-8-7-9-11-23)19-28(35)31-27-18-26(30(3,4)5)32-34(27)24-12-14-25(37-6)15-13-24/h7-15,18,22H,16-17,19-21H2,1-6H3,(H,31,35). The smallest absolute Gasteiger partial charge is 0.249 e. The predicted octanol–water partition coefficient (Wildman–Crippen LogP) is 5.21. The maximum Gasteiger partial charge on any atom is 0.249 e. The Morgan fingerprint density at radius 2 is 1.74 bits per heavy atom. The van der Waals surface area contributed by atoms with E-state index in [-0.39, 0.29) is 30.4 Å². The molecule has 0 aliphatic rings. The maximum atomic E-state index is 13.2. The van der Waals surface area contributed by atoms with Crippen LogP contribution in [0.4, 0.5) is 5.82 Å². The zero-order chi connectivity index (χ0) is 27.7. The molecular weight excluding hydrogens is 480 g/mol. The maximum absolute atomic E-state index is 13.2. The van der Waals surface area contributed by atoms with Crippen molar-refractivity contribution in [2.24, 2.45) is 5.92 Å². The van der Waals surface area contributed by atoms with Gasteiger partial charge in [-0.25, -0.2) is 4.68 Å². The highest BCUT2D eigenvalue weighted by atomic mass is 16.5. The van der Waals surface area contributed by atoms with Crippen LogP contribution in [0.1, 0.15) is 52.3 Å². The third kappa shape index (κ3) is 8.45. The number of amides is 2. The van der Waals surface area contributed by atoms with Gasteiger partial charge in [0.2, 0.25) is 11.8 Å². The van der Waals surface area contributed by atoms with E-state index < -0.39 is 0 Å². The highest BCUT2D eigenvalue weighted by molar-refractivity contribution is 5.94. The first-order valence-corrected chi connectivity index (χ1v) is 13.0. The van der Waals surface area contributed by atoms with E-state index in [0.717, 1.165) is 29.1 Å². The Balaban J connectivity index is 1.73. The van der Waals surface area contributed by atoms with Crippen LogP contribution < -0.4 is 10.1 Å². The van der Waals surface area contributed by atoms with Crippen molar-refractivity contribution in [1.82, 2.24) is 14.7 Å². The summed E-state index contributed by atoms with van der Waals surface area (Å²) >= 11 is 0. The topological polar surface area (TPSA) is 85.7 Å². The van der Waals surface area contributed by atoms with Gasteiger partial charge in [-0.05, 0) is 42.2 Å². The zero-order valence-corrected chi connectivity index (χ0v) is 23.4.